The van der Waals surface area contributed by atoms with E-state index in [2.05, 4.69) is 37.5 Å². The molecule has 7 heteroatoms. The van der Waals surface area contributed by atoms with Gasteiger partial charge in [0.2, 0.25) is 5.95 Å². The van der Waals surface area contributed by atoms with E-state index in [4.69, 9.17) is 4.52 Å². The van der Waals surface area contributed by atoms with Crippen molar-refractivity contribution in [1.82, 2.24) is 25.7 Å². The molecule has 1 fully saturated rings. The number of aromatic amines is 1. The Hall–Kier alpha value is -1.89. The average molecular weight is 234 g/mol. The van der Waals surface area contributed by atoms with Crippen LogP contribution in [0, 0.1) is 0 Å². The number of hydrogen-bond acceptors (Lipinski definition) is 6. The van der Waals surface area contributed by atoms with Gasteiger partial charge in [-0.3, -0.25) is 5.10 Å². The van der Waals surface area contributed by atoms with E-state index in [1.54, 1.807) is 6.07 Å². The first kappa shape index (κ1) is 10.3. The minimum absolute atomic E-state index is 0.456. The molecule has 1 aliphatic heterocycles. The summed E-state index contributed by atoms with van der Waals surface area (Å²) in [5.74, 6) is 1.36. The molecule has 2 aromatic rings. The molecule has 0 amide bonds. The molecule has 2 N–H and O–H groups in total. The zero-order chi connectivity index (χ0) is 11.7. The summed E-state index contributed by atoms with van der Waals surface area (Å²) in [4.78, 5) is 6.57. The summed E-state index contributed by atoms with van der Waals surface area (Å²) in [6.07, 6.45) is 1.52. The molecule has 0 radical (unpaired) electrons. The quantitative estimate of drug-likeness (QED) is 0.775. The van der Waals surface area contributed by atoms with Crippen LogP contribution in [-0.2, 0) is 0 Å². The first-order chi connectivity index (χ1) is 8.33. The highest BCUT2D eigenvalue weighted by Gasteiger charge is 2.19. The smallest absolute Gasteiger partial charge is 0.245 e. The summed E-state index contributed by atoms with van der Waals surface area (Å²) in [5, 5.41) is 14.3. The first-order valence-corrected chi connectivity index (χ1v) is 5.64. The fourth-order valence-corrected chi connectivity index (χ4v) is 1.96. The Morgan fingerprint density at radius 1 is 1.53 bits per heavy atom. The van der Waals surface area contributed by atoms with Crippen molar-refractivity contribution in [3.05, 3.63) is 12.3 Å². The average Bonchev–Trinajstić information content (AvgIpc) is 3.00. The van der Waals surface area contributed by atoms with E-state index >= 15 is 0 Å². The van der Waals surface area contributed by atoms with Gasteiger partial charge in [0.05, 0.1) is 0 Å². The lowest BCUT2D eigenvalue weighted by Gasteiger charge is -2.30. The number of nitrogens with one attached hydrogen (secondary N) is 2. The molecule has 3 heterocycles. The molecule has 90 valence electrons. The van der Waals surface area contributed by atoms with Gasteiger partial charge in [0.15, 0.2) is 11.5 Å². The van der Waals surface area contributed by atoms with Crippen LogP contribution >= 0.6 is 0 Å². The second-order valence-electron chi connectivity index (χ2n) is 4.17. The SMILES string of the molecule is C[C@@H]1CN(c2n[nH]c(-c3ccon3)n2)CCN1. The van der Waals surface area contributed by atoms with E-state index in [1.165, 1.54) is 6.26 Å². The van der Waals surface area contributed by atoms with Gasteiger partial charge >= 0.3 is 0 Å². The predicted molar refractivity (Wildman–Crippen MR) is 61.6 cm³/mol. The molecular formula is C10H14N6O. The van der Waals surface area contributed by atoms with Gasteiger partial charge in [-0.2, -0.15) is 4.98 Å². The summed E-state index contributed by atoms with van der Waals surface area (Å²) in [6, 6.07) is 2.21. The van der Waals surface area contributed by atoms with Crippen LogP contribution in [0.1, 0.15) is 6.92 Å². The van der Waals surface area contributed by atoms with Crippen LogP contribution in [0.5, 0.6) is 0 Å². The van der Waals surface area contributed by atoms with Crippen molar-refractivity contribution >= 4 is 5.95 Å². The van der Waals surface area contributed by atoms with Crippen LogP contribution in [0.2, 0.25) is 0 Å². The Morgan fingerprint density at radius 3 is 3.24 bits per heavy atom. The maximum Gasteiger partial charge on any atom is 0.245 e. The monoisotopic (exact) mass is 234 g/mol. The third-order valence-electron chi connectivity index (χ3n) is 2.81. The number of piperazine rings is 1. The number of H-pyrrole nitrogens is 1. The normalized spacial score (nSPS) is 20.8. The van der Waals surface area contributed by atoms with E-state index in [9.17, 15) is 0 Å². The van der Waals surface area contributed by atoms with Crippen LogP contribution in [0.25, 0.3) is 11.5 Å². The number of anilines is 1. The molecule has 1 saturated heterocycles. The fourth-order valence-electron chi connectivity index (χ4n) is 1.96. The molecule has 1 aliphatic rings. The lowest BCUT2D eigenvalue weighted by Crippen LogP contribution is -2.49. The summed E-state index contributed by atoms with van der Waals surface area (Å²) in [6.45, 7) is 4.93. The topological polar surface area (TPSA) is 82.9 Å². The highest BCUT2D eigenvalue weighted by Crippen LogP contribution is 2.16. The fraction of sp³-hybridized carbons (Fsp3) is 0.500. The molecule has 0 bridgehead atoms. The van der Waals surface area contributed by atoms with E-state index in [-0.39, 0.29) is 0 Å². The van der Waals surface area contributed by atoms with Crippen LogP contribution in [0.15, 0.2) is 16.9 Å². The van der Waals surface area contributed by atoms with Gasteiger partial charge in [-0.05, 0) is 6.92 Å². The van der Waals surface area contributed by atoms with Crippen LogP contribution in [-0.4, -0.2) is 46.0 Å². The molecule has 2 aromatic heterocycles. The summed E-state index contributed by atoms with van der Waals surface area (Å²) in [7, 11) is 0. The van der Waals surface area contributed by atoms with E-state index in [0.717, 1.165) is 25.6 Å². The molecule has 0 spiro atoms. The second kappa shape index (κ2) is 4.17. The van der Waals surface area contributed by atoms with Gasteiger partial charge in [0.1, 0.15) is 6.26 Å². The van der Waals surface area contributed by atoms with Gasteiger partial charge in [0, 0.05) is 31.7 Å². The Kier molecular flexibility index (Phi) is 2.52. The van der Waals surface area contributed by atoms with Crippen molar-refractivity contribution in [3.8, 4) is 11.5 Å². The Morgan fingerprint density at radius 2 is 2.47 bits per heavy atom. The van der Waals surface area contributed by atoms with Crippen molar-refractivity contribution in [3.63, 3.8) is 0 Å². The maximum atomic E-state index is 4.78. The number of rotatable bonds is 2. The maximum absolute atomic E-state index is 4.78. The Bertz CT molecular complexity index is 479. The lowest BCUT2D eigenvalue weighted by atomic mass is 10.2. The van der Waals surface area contributed by atoms with Gasteiger partial charge in [0.25, 0.3) is 0 Å². The van der Waals surface area contributed by atoms with E-state index in [1.807, 2.05) is 0 Å². The molecule has 7 nitrogen and oxygen atoms in total. The van der Waals surface area contributed by atoms with E-state index in [0.29, 0.717) is 17.6 Å². The zero-order valence-electron chi connectivity index (χ0n) is 9.55. The largest absolute Gasteiger partial charge is 0.364 e. The van der Waals surface area contributed by atoms with Crippen molar-refractivity contribution < 1.29 is 4.52 Å². The van der Waals surface area contributed by atoms with Crippen molar-refractivity contribution in [2.24, 2.45) is 0 Å². The highest BCUT2D eigenvalue weighted by molar-refractivity contribution is 5.49. The molecule has 17 heavy (non-hydrogen) atoms. The molecule has 0 aromatic carbocycles. The predicted octanol–water partition coefficient (Wildman–Crippen LogP) is 0.258. The molecule has 0 aliphatic carbocycles. The minimum atomic E-state index is 0.456. The highest BCUT2D eigenvalue weighted by atomic mass is 16.5. The summed E-state index contributed by atoms with van der Waals surface area (Å²) < 4.78 is 4.78. The summed E-state index contributed by atoms with van der Waals surface area (Å²) in [5.41, 5.74) is 0.673. The van der Waals surface area contributed by atoms with Crippen molar-refractivity contribution in [2.75, 3.05) is 24.5 Å². The van der Waals surface area contributed by atoms with E-state index < -0.39 is 0 Å². The van der Waals surface area contributed by atoms with Crippen LogP contribution in [0.3, 0.4) is 0 Å². The van der Waals surface area contributed by atoms with Gasteiger partial charge in [-0.25, -0.2) is 0 Å². The number of nitrogens with zero attached hydrogens (tertiary/aromatic N) is 4. The minimum Gasteiger partial charge on any atom is -0.364 e. The molecular weight excluding hydrogens is 220 g/mol. The van der Waals surface area contributed by atoms with Crippen LogP contribution < -0.4 is 10.2 Å². The molecule has 0 unspecified atom stereocenters. The zero-order valence-corrected chi connectivity index (χ0v) is 9.55. The number of hydrogen-bond donors (Lipinski definition) is 2. The standard InChI is InChI=1S/C10H14N6O/c1-7-6-16(4-3-11-7)10-12-9(13-14-10)8-2-5-17-15-8/h2,5,7,11H,3-4,6H2,1H3,(H,12,13,14)/t7-/m1/s1. The third kappa shape index (κ3) is 2.01. The van der Waals surface area contributed by atoms with Gasteiger partial charge in [-0.1, -0.05) is 5.16 Å². The summed E-state index contributed by atoms with van der Waals surface area (Å²) >= 11 is 0. The lowest BCUT2D eigenvalue weighted by molar-refractivity contribution is 0.422. The van der Waals surface area contributed by atoms with Gasteiger partial charge in [-0.15, -0.1) is 5.10 Å². The molecule has 0 saturated carbocycles. The van der Waals surface area contributed by atoms with Crippen molar-refractivity contribution in [1.29, 1.82) is 0 Å². The second-order valence-corrected chi connectivity index (χ2v) is 4.17. The number of aromatic nitrogens is 4. The third-order valence-corrected chi connectivity index (χ3v) is 2.81. The van der Waals surface area contributed by atoms with Crippen molar-refractivity contribution in [2.45, 2.75) is 13.0 Å². The van der Waals surface area contributed by atoms with Crippen LogP contribution in [0.4, 0.5) is 5.95 Å². The Balaban J connectivity index is 1.80. The first-order valence-electron chi connectivity index (χ1n) is 5.64. The molecule has 1 atom stereocenters. The Labute approximate surface area is 98.2 Å². The molecule has 3 rings (SSSR count). The van der Waals surface area contributed by atoms with Gasteiger partial charge < -0.3 is 14.7 Å².